The van der Waals surface area contributed by atoms with Crippen LogP contribution in [0.4, 0.5) is 0 Å². The summed E-state index contributed by atoms with van der Waals surface area (Å²) in [6, 6.07) is 14.1. The Kier molecular flexibility index (Phi) is 4.64. The second-order valence-corrected chi connectivity index (χ2v) is 6.76. The van der Waals surface area contributed by atoms with Gasteiger partial charge in [-0.25, -0.2) is 0 Å². The number of nitrogens with zero attached hydrogens (tertiary/aromatic N) is 2. The van der Waals surface area contributed by atoms with Crippen LogP contribution in [0.15, 0.2) is 47.5 Å². The number of rotatable bonds is 3. The summed E-state index contributed by atoms with van der Waals surface area (Å²) in [4.78, 5) is 17.4. The standard InChI is InChI=1S/C20H18N2OS/c1-4-11-22-17-7-5-6-8-18(17)24-20(22)21-19(23)13-16-12-14(2)9-10-15(16)3/h1,5-10,12H,11,13H2,2-3H3. The van der Waals surface area contributed by atoms with E-state index in [1.807, 2.05) is 60.9 Å². The molecule has 24 heavy (non-hydrogen) atoms. The normalized spacial score (nSPS) is 11.6. The molecule has 1 aromatic heterocycles. The molecular weight excluding hydrogens is 316 g/mol. The molecule has 1 heterocycles. The first-order chi connectivity index (χ1) is 11.6. The molecule has 3 nitrogen and oxygen atoms in total. The zero-order valence-electron chi connectivity index (χ0n) is 13.7. The van der Waals surface area contributed by atoms with Gasteiger partial charge in [-0.05, 0) is 37.1 Å². The molecule has 3 aromatic rings. The first-order valence-corrected chi connectivity index (χ1v) is 8.55. The summed E-state index contributed by atoms with van der Waals surface area (Å²) in [6.45, 7) is 4.44. The van der Waals surface area contributed by atoms with Crippen LogP contribution in [-0.2, 0) is 17.8 Å². The topological polar surface area (TPSA) is 34.4 Å². The Balaban J connectivity index is 2.00. The lowest BCUT2D eigenvalue weighted by molar-refractivity contribution is -0.117. The van der Waals surface area contributed by atoms with Gasteiger partial charge in [0.1, 0.15) is 0 Å². The smallest absolute Gasteiger partial charge is 0.252 e. The average Bonchev–Trinajstić information content (AvgIpc) is 2.89. The van der Waals surface area contributed by atoms with Gasteiger partial charge in [-0.3, -0.25) is 4.79 Å². The number of carbonyl (C=O) groups is 1. The van der Waals surface area contributed by atoms with Crippen molar-refractivity contribution in [1.29, 1.82) is 0 Å². The van der Waals surface area contributed by atoms with Crippen LogP contribution in [0.5, 0.6) is 0 Å². The summed E-state index contributed by atoms with van der Waals surface area (Å²) in [5.41, 5.74) is 4.29. The van der Waals surface area contributed by atoms with E-state index in [-0.39, 0.29) is 5.91 Å². The molecule has 0 aliphatic rings. The molecule has 0 spiro atoms. The second kappa shape index (κ2) is 6.86. The number of fused-ring (bicyclic) bond motifs is 1. The molecule has 0 fully saturated rings. The third kappa shape index (κ3) is 3.32. The Morgan fingerprint density at radius 3 is 2.83 bits per heavy atom. The minimum absolute atomic E-state index is 0.152. The SMILES string of the molecule is C#CCn1c(=NC(=O)Cc2cc(C)ccc2C)sc2ccccc21. The third-order valence-corrected chi connectivity index (χ3v) is 4.96. The number of para-hydroxylation sites is 1. The Hall–Kier alpha value is -2.64. The Bertz CT molecular complexity index is 1020. The largest absolute Gasteiger partial charge is 0.305 e. The number of terminal acetylenes is 1. The van der Waals surface area contributed by atoms with E-state index in [4.69, 9.17) is 6.42 Å². The van der Waals surface area contributed by atoms with E-state index in [0.29, 0.717) is 17.8 Å². The van der Waals surface area contributed by atoms with Gasteiger partial charge < -0.3 is 4.57 Å². The Morgan fingerprint density at radius 2 is 2.04 bits per heavy atom. The van der Waals surface area contributed by atoms with Crippen LogP contribution in [0, 0.1) is 26.2 Å². The summed E-state index contributed by atoms with van der Waals surface area (Å²) in [5, 5.41) is 0. The lowest BCUT2D eigenvalue weighted by Crippen LogP contribution is -2.17. The summed E-state index contributed by atoms with van der Waals surface area (Å²) < 4.78 is 2.99. The van der Waals surface area contributed by atoms with E-state index in [2.05, 4.69) is 10.9 Å². The van der Waals surface area contributed by atoms with Crippen molar-refractivity contribution in [2.24, 2.45) is 4.99 Å². The van der Waals surface area contributed by atoms with Gasteiger partial charge in [-0.1, -0.05) is 53.2 Å². The van der Waals surface area contributed by atoms with Crippen molar-refractivity contribution in [3.63, 3.8) is 0 Å². The van der Waals surface area contributed by atoms with Crippen LogP contribution in [-0.4, -0.2) is 10.5 Å². The highest BCUT2D eigenvalue weighted by Gasteiger charge is 2.09. The molecule has 0 bridgehead atoms. The van der Waals surface area contributed by atoms with E-state index in [1.165, 1.54) is 11.3 Å². The molecule has 120 valence electrons. The summed E-state index contributed by atoms with van der Waals surface area (Å²) in [7, 11) is 0. The fourth-order valence-electron chi connectivity index (χ4n) is 2.65. The van der Waals surface area contributed by atoms with Gasteiger partial charge >= 0.3 is 0 Å². The number of benzene rings is 2. The molecule has 3 rings (SSSR count). The van der Waals surface area contributed by atoms with E-state index < -0.39 is 0 Å². The van der Waals surface area contributed by atoms with Crippen molar-refractivity contribution in [1.82, 2.24) is 4.57 Å². The highest BCUT2D eigenvalue weighted by Crippen LogP contribution is 2.17. The number of thiazole rings is 1. The van der Waals surface area contributed by atoms with Gasteiger partial charge in [-0.15, -0.1) is 6.42 Å². The highest BCUT2D eigenvalue weighted by atomic mass is 32.1. The van der Waals surface area contributed by atoms with Crippen molar-refractivity contribution in [3.05, 3.63) is 64.0 Å². The van der Waals surface area contributed by atoms with Gasteiger partial charge in [0.15, 0.2) is 4.80 Å². The maximum Gasteiger partial charge on any atom is 0.252 e. The van der Waals surface area contributed by atoms with Crippen LogP contribution < -0.4 is 4.80 Å². The predicted octanol–water partition coefficient (Wildman–Crippen LogP) is 3.62. The number of hydrogen-bond donors (Lipinski definition) is 0. The molecule has 0 aliphatic heterocycles. The van der Waals surface area contributed by atoms with E-state index >= 15 is 0 Å². The molecule has 0 saturated heterocycles. The van der Waals surface area contributed by atoms with Crippen LogP contribution in [0.3, 0.4) is 0 Å². The van der Waals surface area contributed by atoms with Crippen LogP contribution in [0.1, 0.15) is 16.7 Å². The molecule has 1 amide bonds. The summed E-state index contributed by atoms with van der Waals surface area (Å²) in [6.07, 6.45) is 5.78. The molecule has 0 aliphatic carbocycles. The summed E-state index contributed by atoms with van der Waals surface area (Å²) >= 11 is 1.49. The first kappa shape index (κ1) is 16.2. The van der Waals surface area contributed by atoms with Crippen molar-refractivity contribution in [2.75, 3.05) is 0 Å². The average molecular weight is 334 g/mol. The second-order valence-electron chi connectivity index (χ2n) is 5.75. The number of hydrogen-bond acceptors (Lipinski definition) is 2. The first-order valence-electron chi connectivity index (χ1n) is 7.74. The van der Waals surface area contributed by atoms with Gasteiger partial charge in [0, 0.05) is 0 Å². The molecule has 0 unspecified atom stereocenters. The van der Waals surface area contributed by atoms with Crippen LogP contribution >= 0.6 is 11.3 Å². The van der Waals surface area contributed by atoms with E-state index in [1.54, 1.807) is 0 Å². The minimum atomic E-state index is -0.152. The Labute approximate surface area is 145 Å². The molecule has 2 aromatic carbocycles. The van der Waals surface area contributed by atoms with Crippen molar-refractivity contribution >= 4 is 27.5 Å². The molecule has 4 heteroatoms. The lowest BCUT2D eigenvalue weighted by atomic mass is 10.0. The fraction of sp³-hybridized carbons (Fsp3) is 0.200. The van der Waals surface area contributed by atoms with Gasteiger partial charge in [0.05, 0.1) is 23.2 Å². The zero-order chi connectivity index (χ0) is 17.1. The maximum absolute atomic E-state index is 12.5. The molecular formula is C20H18N2OS. The van der Waals surface area contributed by atoms with Crippen molar-refractivity contribution in [3.8, 4) is 12.3 Å². The third-order valence-electron chi connectivity index (χ3n) is 3.90. The van der Waals surface area contributed by atoms with E-state index in [0.717, 1.165) is 26.9 Å². The quantitative estimate of drug-likeness (QED) is 0.674. The van der Waals surface area contributed by atoms with Crippen molar-refractivity contribution in [2.45, 2.75) is 26.8 Å². The van der Waals surface area contributed by atoms with E-state index in [9.17, 15) is 4.79 Å². The predicted molar refractivity (Wildman–Crippen MR) is 98.8 cm³/mol. The number of carbonyl (C=O) groups excluding carboxylic acids is 1. The molecule has 0 radical (unpaired) electrons. The highest BCUT2D eigenvalue weighted by molar-refractivity contribution is 7.16. The van der Waals surface area contributed by atoms with Gasteiger partial charge in [-0.2, -0.15) is 4.99 Å². The van der Waals surface area contributed by atoms with Crippen LogP contribution in [0.25, 0.3) is 10.2 Å². The van der Waals surface area contributed by atoms with Crippen LogP contribution in [0.2, 0.25) is 0 Å². The summed E-state index contributed by atoms with van der Waals surface area (Å²) in [5.74, 6) is 2.49. The maximum atomic E-state index is 12.5. The fourth-order valence-corrected chi connectivity index (χ4v) is 3.70. The number of aryl methyl sites for hydroxylation is 2. The zero-order valence-corrected chi connectivity index (χ0v) is 14.6. The lowest BCUT2D eigenvalue weighted by Gasteiger charge is -2.04. The molecule has 0 saturated carbocycles. The molecule has 0 N–H and O–H groups in total. The molecule has 0 atom stereocenters. The minimum Gasteiger partial charge on any atom is -0.305 e. The van der Waals surface area contributed by atoms with Crippen molar-refractivity contribution < 1.29 is 4.79 Å². The van der Waals surface area contributed by atoms with Gasteiger partial charge in [0.25, 0.3) is 5.91 Å². The Morgan fingerprint density at radius 1 is 1.25 bits per heavy atom. The number of aromatic nitrogens is 1. The monoisotopic (exact) mass is 334 g/mol. The van der Waals surface area contributed by atoms with Gasteiger partial charge in [0.2, 0.25) is 0 Å². The number of amides is 1.